The van der Waals surface area contributed by atoms with Gasteiger partial charge in [-0.3, -0.25) is 4.79 Å². The van der Waals surface area contributed by atoms with Crippen LogP contribution in [0.3, 0.4) is 0 Å². The number of carbonyl (C=O) groups excluding carboxylic acids is 1. The molecule has 2 aromatic carbocycles. The van der Waals surface area contributed by atoms with Crippen molar-refractivity contribution in [3.8, 4) is 11.5 Å². The standard InChI is InChI=1S/C25H27N5O2/c31-24(20-8-10-22(11-9-20)32-21-6-2-1-3-7-21)29-18-16-28(17-19-29)23-12-13-26-25(27-23)30-14-4-5-15-30/h1-3,6-13H,4-5,14-19H2. The first kappa shape index (κ1) is 20.3. The monoisotopic (exact) mass is 429 g/mol. The van der Waals surface area contributed by atoms with Crippen LogP contribution in [0, 0.1) is 0 Å². The second kappa shape index (κ2) is 9.26. The molecule has 164 valence electrons. The molecule has 0 saturated carbocycles. The van der Waals surface area contributed by atoms with E-state index in [2.05, 4.69) is 14.8 Å². The molecule has 0 spiro atoms. The number of rotatable bonds is 5. The molecule has 1 amide bonds. The Morgan fingerprint density at radius 1 is 0.750 bits per heavy atom. The molecule has 7 heteroatoms. The van der Waals surface area contributed by atoms with Crippen molar-refractivity contribution in [2.24, 2.45) is 0 Å². The summed E-state index contributed by atoms with van der Waals surface area (Å²) in [6, 6.07) is 18.9. The SMILES string of the molecule is O=C(c1ccc(Oc2ccccc2)cc1)N1CCN(c2ccnc(N3CCCC3)n2)CC1. The molecule has 1 aromatic heterocycles. The summed E-state index contributed by atoms with van der Waals surface area (Å²) in [5.41, 5.74) is 0.678. The van der Waals surface area contributed by atoms with Gasteiger partial charge in [-0.15, -0.1) is 0 Å². The fraction of sp³-hybridized carbons (Fsp3) is 0.320. The van der Waals surface area contributed by atoms with E-state index in [-0.39, 0.29) is 5.91 Å². The van der Waals surface area contributed by atoms with Crippen molar-refractivity contribution >= 4 is 17.7 Å². The van der Waals surface area contributed by atoms with Crippen LogP contribution in [-0.2, 0) is 0 Å². The lowest BCUT2D eigenvalue weighted by Gasteiger charge is -2.35. The first-order valence-electron chi connectivity index (χ1n) is 11.2. The third-order valence-electron chi connectivity index (χ3n) is 5.99. The summed E-state index contributed by atoms with van der Waals surface area (Å²) in [5, 5.41) is 0. The highest BCUT2D eigenvalue weighted by Crippen LogP contribution is 2.23. The lowest BCUT2D eigenvalue weighted by molar-refractivity contribution is 0.0746. The summed E-state index contributed by atoms with van der Waals surface area (Å²) >= 11 is 0. The number of amides is 1. The van der Waals surface area contributed by atoms with Crippen LogP contribution in [0.15, 0.2) is 66.9 Å². The van der Waals surface area contributed by atoms with Crippen LogP contribution < -0.4 is 14.5 Å². The Morgan fingerprint density at radius 3 is 2.16 bits per heavy atom. The van der Waals surface area contributed by atoms with Gasteiger partial charge in [-0.25, -0.2) is 4.98 Å². The van der Waals surface area contributed by atoms with Gasteiger partial charge < -0.3 is 19.4 Å². The fourth-order valence-corrected chi connectivity index (χ4v) is 4.20. The Balaban J connectivity index is 1.18. The van der Waals surface area contributed by atoms with E-state index in [1.807, 2.05) is 71.8 Å². The highest BCUT2D eigenvalue weighted by Gasteiger charge is 2.24. The summed E-state index contributed by atoms with van der Waals surface area (Å²) < 4.78 is 5.82. The number of anilines is 2. The zero-order valence-corrected chi connectivity index (χ0v) is 18.1. The van der Waals surface area contributed by atoms with Gasteiger partial charge in [0.25, 0.3) is 5.91 Å². The number of aromatic nitrogens is 2. The zero-order valence-electron chi connectivity index (χ0n) is 18.1. The molecule has 2 fully saturated rings. The van der Waals surface area contributed by atoms with Crippen LogP contribution in [0.5, 0.6) is 11.5 Å². The summed E-state index contributed by atoms with van der Waals surface area (Å²) in [6.07, 6.45) is 4.24. The van der Waals surface area contributed by atoms with E-state index in [4.69, 9.17) is 9.72 Å². The third kappa shape index (κ3) is 4.51. The fourth-order valence-electron chi connectivity index (χ4n) is 4.20. The van der Waals surface area contributed by atoms with E-state index >= 15 is 0 Å². The van der Waals surface area contributed by atoms with Gasteiger partial charge in [-0.1, -0.05) is 18.2 Å². The average Bonchev–Trinajstić information content (AvgIpc) is 3.40. The quantitative estimate of drug-likeness (QED) is 0.614. The van der Waals surface area contributed by atoms with E-state index in [9.17, 15) is 4.79 Å². The molecule has 2 saturated heterocycles. The molecule has 0 N–H and O–H groups in total. The van der Waals surface area contributed by atoms with Crippen molar-refractivity contribution in [2.75, 3.05) is 49.1 Å². The Hall–Kier alpha value is -3.61. The largest absolute Gasteiger partial charge is 0.457 e. The molecule has 5 rings (SSSR count). The first-order valence-corrected chi connectivity index (χ1v) is 11.2. The van der Waals surface area contributed by atoms with Gasteiger partial charge in [0.05, 0.1) is 0 Å². The van der Waals surface area contributed by atoms with Crippen LogP contribution in [-0.4, -0.2) is 60.0 Å². The highest BCUT2D eigenvalue weighted by atomic mass is 16.5. The van der Waals surface area contributed by atoms with Gasteiger partial charge in [0.2, 0.25) is 5.95 Å². The van der Waals surface area contributed by atoms with E-state index in [1.165, 1.54) is 12.8 Å². The van der Waals surface area contributed by atoms with Gasteiger partial charge in [-0.05, 0) is 55.3 Å². The molecule has 0 aliphatic carbocycles. The van der Waals surface area contributed by atoms with Crippen LogP contribution in [0.25, 0.3) is 0 Å². The van der Waals surface area contributed by atoms with E-state index in [0.29, 0.717) is 18.7 Å². The van der Waals surface area contributed by atoms with E-state index in [0.717, 1.165) is 49.4 Å². The smallest absolute Gasteiger partial charge is 0.253 e. The van der Waals surface area contributed by atoms with Crippen molar-refractivity contribution < 1.29 is 9.53 Å². The summed E-state index contributed by atoms with van der Waals surface area (Å²) in [6.45, 7) is 4.92. The molecule has 2 aliphatic rings. The van der Waals surface area contributed by atoms with Crippen molar-refractivity contribution in [3.05, 3.63) is 72.4 Å². The number of piperazine rings is 1. The summed E-state index contributed by atoms with van der Waals surface area (Å²) in [4.78, 5) is 28.6. The Kier molecular flexibility index (Phi) is 5.87. The van der Waals surface area contributed by atoms with E-state index in [1.54, 1.807) is 0 Å². The second-order valence-electron chi connectivity index (χ2n) is 8.13. The molecule has 0 unspecified atom stereocenters. The molecular weight excluding hydrogens is 402 g/mol. The van der Waals surface area contributed by atoms with Gasteiger partial charge in [0, 0.05) is 51.0 Å². The third-order valence-corrected chi connectivity index (χ3v) is 5.99. The normalized spacial score (nSPS) is 16.3. The van der Waals surface area contributed by atoms with Crippen LogP contribution in [0.1, 0.15) is 23.2 Å². The summed E-state index contributed by atoms with van der Waals surface area (Å²) in [5.74, 6) is 3.31. The highest BCUT2D eigenvalue weighted by molar-refractivity contribution is 5.94. The van der Waals surface area contributed by atoms with Gasteiger partial charge in [-0.2, -0.15) is 4.98 Å². The molecular formula is C25H27N5O2. The summed E-state index contributed by atoms with van der Waals surface area (Å²) in [7, 11) is 0. The Labute approximate surface area is 188 Å². The minimum atomic E-state index is 0.0522. The van der Waals surface area contributed by atoms with Crippen molar-refractivity contribution in [2.45, 2.75) is 12.8 Å². The molecule has 3 heterocycles. The van der Waals surface area contributed by atoms with Gasteiger partial charge in [0.15, 0.2) is 0 Å². The topological polar surface area (TPSA) is 61.8 Å². The maximum absolute atomic E-state index is 13.0. The maximum Gasteiger partial charge on any atom is 0.253 e. The molecule has 32 heavy (non-hydrogen) atoms. The molecule has 3 aromatic rings. The van der Waals surface area contributed by atoms with E-state index < -0.39 is 0 Å². The average molecular weight is 430 g/mol. The number of carbonyl (C=O) groups is 1. The predicted molar refractivity (Wildman–Crippen MR) is 125 cm³/mol. The van der Waals surface area contributed by atoms with Crippen molar-refractivity contribution in [3.63, 3.8) is 0 Å². The number of para-hydroxylation sites is 1. The first-order chi connectivity index (χ1) is 15.8. The number of hydrogen-bond acceptors (Lipinski definition) is 6. The molecule has 2 aliphatic heterocycles. The number of benzene rings is 2. The second-order valence-corrected chi connectivity index (χ2v) is 8.13. The van der Waals surface area contributed by atoms with Gasteiger partial charge >= 0.3 is 0 Å². The Morgan fingerprint density at radius 2 is 1.44 bits per heavy atom. The molecule has 0 bridgehead atoms. The van der Waals surface area contributed by atoms with Crippen molar-refractivity contribution in [1.29, 1.82) is 0 Å². The van der Waals surface area contributed by atoms with Crippen LogP contribution >= 0.6 is 0 Å². The zero-order chi connectivity index (χ0) is 21.8. The van der Waals surface area contributed by atoms with Gasteiger partial charge in [0.1, 0.15) is 17.3 Å². The van der Waals surface area contributed by atoms with Crippen molar-refractivity contribution in [1.82, 2.24) is 14.9 Å². The molecule has 7 nitrogen and oxygen atoms in total. The lowest BCUT2D eigenvalue weighted by atomic mass is 10.1. The number of nitrogens with zero attached hydrogens (tertiary/aromatic N) is 5. The number of hydrogen-bond donors (Lipinski definition) is 0. The molecule has 0 radical (unpaired) electrons. The van der Waals surface area contributed by atoms with Crippen LogP contribution in [0.2, 0.25) is 0 Å². The van der Waals surface area contributed by atoms with Crippen LogP contribution in [0.4, 0.5) is 11.8 Å². The maximum atomic E-state index is 13.0. The Bertz CT molecular complexity index is 1040. The minimum Gasteiger partial charge on any atom is -0.457 e. The minimum absolute atomic E-state index is 0.0522. The predicted octanol–water partition coefficient (Wildman–Crippen LogP) is 3.83. The lowest BCUT2D eigenvalue weighted by Crippen LogP contribution is -2.49. The molecule has 0 atom stereocenters. The number of ether oxygens (including phenoxy) is 1.